The molecule has 5 nitrogen and oxygen atoms in total. The Balaban J connectivity index is 1.13. The van der Waals surface area contributed by atoms with Crippen LogP contribution >= 0.6 is 0 Å². The van der Waals surface area contributed by atoms with Crippen LogP contribution in [0.3, 0.4) is 0 Å². The lowest BCUT2D eigenvalue weighted by molar-refractivity contribution is -0.163. The zero-order chi connectivity index (χ0) is 18.8. The van der Waals surface area contributed by atoms with E-state index >= 15 is 0 Å². The molecule has 0 bridgehead atoms. The van der Waals surface area contributed by atoms with E-state index in [4.69, 9.17) is 4.99 Å². The zero-order valence-electron chi connectivity index (χ0n) is 16.5. The molecule has 0 aromatic heterocycles. The van der Waals surface area contributed by atoms with Crippen LogP contribution in [-0.4, -0.2) is 58.9 Å². The molecule has 3 heterocycles. The highest BCUT2D eigenvalue weighted by atomic mass is 16.3. The van der Waals surface area contributed by atoms with E-state index in [1.807, 2.05) is 11.8 Å². The number of rotatable bonds is 2. The summed E-state index contributed by atoms with van der Waals surface area (Å²) >= 11 is 0. The van der Waals surface area contributed by atoms with Crippen molar-refractivity contribution in [2.45, 2.75) is 57.2 Å². The van der Waals surface area contributed by atoms with E-state index < -0.39 is 5.60 Å². The van der Waals surface area contributed by atoms with Gasteiger partial charge in [-0.3, -0.25) is 9.79 Å². The van der Waals surface area contributed by atoms with Gasteiger partial charge >= 0.3 is 0 Å². The molecule has 2 saturated carbocycles. The first-order valence-electron chi connectivity index (χ1n) is 10.5. The number of hydrogen-bond donors (Lipinski definition) is 1. The number of nitrogens with zero attached hydrogens (tertiary/aromatic N) is 3. The Kier molecular flexibility index (Phi) is 3.84. The standard InChI is InChI=1S/C22H31N3O2/c1-21(27)10-18(11-21)20(26)25-13-22(14-25)6-3-15(4-7-22)17-9-16-5-8-24(2)19(16)23-12-17/h5,8-9,12,15-16,18-19,27H,3-4,6-7,10-11,13-14H2,1-2H3. The summed E-state index contributed by atoms with van der Waals surface area (Å²) in [5, 5.41) is 9.88. The number of allylic oxidation sites excluding steroid dienone is 1. The number of amides is 1. The second-order valence-corrected chi connectivity index (χ2v) is 10.0. The molecule has 2 unspecified atom stereocenters. The predicted molar refractivity (Wildman–Crippen MR) is 105 cm³/mol. The molecular weight excluding hydrogens is 338 g/mol. The van der Waals surface area contributed by atoms with Crippen LogP contribution in [0.15, 0.2) is 28.9 Å². The average molecular weight is 370 g/mol. The number of aliphatic imine (C=N–C) groups is 1. The second kappa shape index (κ2) is 5.94. The van der Waals surface area contributed by atoms with Gasteiger partial charge in [0.25, 0.3) is 0 Å². The van der Waals surface area contributed by atoms with Crippen molar-refractivity contribution in [1.82, 2.24) is 9.80 Å². The minimum absolute atomic E-state index is 0.0582. The molecule has 5 heteroatoms. The Morgan fingerprint density at radius 2 is 1.96 bits per heavy atom. The van der Waals surface area contributed by atoms with Crippen molar-refractivity contribution in [2.24, 2.45) is 28.2 Å². The summed E-state index contributed by atoms with van der Waals surface area (Å²) in [5.41, 5.74) is 1.18. The molecule has 3 fully saturated rings. The molecule has 1 amide bonds. The topological polar surface area (TPSA) is 56.1 Å². The molecule has 3 aliphatic heterocycles. The second-order valence-electron chi connectivity index (χ2n) is 10.0. The summed E-state index contributed by atoms with van der Waals surface area (Å²) in [6, 6.07) is 0. The number of dihydropyridines is 1. The molecule has 2 aliphatic carbocycles. The zero-order valence-corrected chi connectivity index (χ0v) is 16.5. The summed E-state index contributed by atoms with van der Waals surface area (Å²) in [4.78, 5) is 21.6. The lowest BCUT2D eigenvalue weighted by Crippen LogP contribution is -2.62. The third kappa shape index (κ3) is 2.95. The van der Waals surface area contributed by atoms with Crippen molar-refractivity contribution in [3.8, 4) is 0 Å². The molecule has 5 rings (SSSR count). The van der Waals surface area contributed by atoms with E-state index in [9.17, 15) is 9.90 Å². The number of hydrogen-bond acceptors (Lipinski definition) is 4. The summed E-state index contributed by atoms with van der Waals surface area (Å²) in [6.07, 6.45) is 15.4. The molecule has 5 aliphatic rings. The van der Waals surface area contributed by atoms with Crippen molar-refractivity contribution in [1.29, 1.82) is 0 Å². The first-order chi connectivity index (χ1) is 12.8. The van der Waals surface area contributed by atoms with Crippen LogP contribution in [0.4, 0.5) is 0 Å². The van der Waals surface area contributed by atoms with Crippen LogP contribution in [0.2, 0.25) is 0 Å². The van der Waals surface area contributed by atoms with Gasteiger partial charge in [-0.1, -0.05) is 12.2 Å². The van der Waals surface area contributed by atoms with Crippen LogP contribution in [0.25, 0.3) is 0 Å². The predicted octanol–water partition coefficient (Wildman–Crippen LogP) is 2.58. The minimum Gasteiger partial charge on any atom is -0.390 e. The van der Waals surface area contributed by atoms with Crippen molar-refractivity contribution in [2.75, 3.05) is 20.1 Å². The van der Waals surface area contributed by atoms with E-state index in [1.165, 1.54) is 31.3 Å². The highest BCUT2D eigenvalue weighted by Gasteiger charge is 2.51. The van der Waals surface area contributed by atoms with Crippen molar-refractivity contribution >= 4 is 12.1 Å². The molecule has 27 heavy (non-hydrogen) atoms. The molecule has 0 radical (unpaired) electrons. The summed E-state index contributed by atoms with van der Waals surface area (Å²) in [7, 11) is 2.09. The minimum atomic E-state index is -0.613. The van der Waals surface area contributed by atoms with Gasteiger partial charge in [0.05, 0.1) is 5.60 Å². The van der Waals surface area contributed by atoms with E-state index in [0.29, 0.717) is 30.1 Å². The molecule has 2 atom stereocenters. The molecular formula is C22H31N3O2. The van der Waals surface area contributed by atoms with Gasteiger partial charge in [0.15, 0.2) is 0 Å². The van der Waals surface area contributed by atoms with Gasteiger partial charge in [-0.2, -0.15) is 0 Å². The Morgan fingerprint density at radius 3 is 2.63 bits per heavy atom. The Bertz CT molecular complexity index is 714. The number of aliphatic hydroxyl groups is 1. The molecule has 1 N–H and O–H groups in total. The quantitative estimate of drug-likeness (QED) is 0.814. The Labute approximate surface area is 161 Å². The van der Waals surface area contributed by atoms with E-state index in [1.54, 1.807) is 0 Å². The largest absolute Gasteiger partial charge is 0.390 e. The third-order valence-corrected chi connectivity index (χ3v) is 7.67. The van der Waals surface area contributed by atoms with Gasteiger partial charge in [0, 0.05) is 43.6 Å². The van der Waals surface area contributed by atoms with Gasteiger partial charge in [0.2, 0.25) is 5.91 Å². The molecule has 1 saturated heterocycles. The number of carbonyl (C=O) groups is 1. The highest BCUT2D eigenvalue weighted by molar-refractivity contribution is 5.81. The third-order valence-electron chi connectivity index (χ3n) is 7.67. The number of likely N-dealkylation sites (tertiary alicyclic amines) is 1. The highest BCUT2D eigenvalue weighted by Crippen LogP contribution is 2.49. The van der Waals surface area contributed by atoms with Gasteiger partial charge in [-0.25, -0.2) is 0 Å². The maximum atomic E-state index is 12.5. The molecule has 0 aromatic carbocycles. The Hall–Kier alpha value is -1.62. The van der Waals surface area contributed by atoms with Crippen molar-refractivity contribution in [3.63, 3.8) is 0 Å². The van der Waals surface area contributed by atoms with Gasteiger partial charge in [-0.15, -0.1) is 0 Å². The molecule has 0 aromatic rings. The fourth-order valence-corrected chi connectivity index (χ4v) is 5.94. The van der Waals surface area contributed by atoms with E-state index in [2.05, 4.69) is 36.5 Å². The fraction of sp³-hybridized carbons (Fsp3) is 0.727. The fourth-order valence-electron chi connectivity index (χ4n) is 5.94. The first kappa shape index (κ1) is 17.5. The number of fused-ring (bicyclic) bond motifs is 1. The van der Waals surface area contributed by atoms with Crippen LogP contribution in [-0.2, 0) is 4.79 Å². The van der Waals surface area contributed by atoms with Crippen LogP contribution in [0, 0.1) is 23.2 Å². The van der Waals surface area contributed by atoms with Gasteiger partial charge in [-0.05, 0) is 63.1 Å². The smallest absolute Gasteiger partial charge is 0.225 e. The van der Waals surface area contributed by atoms with Crippen LogP contribution < -0.4 is 0 Å². The normalized spacial score (nSPS) is 39.8. The molecule has 1 spiro atoms. The van der Waals surface area contributed by atoms with Crippen molar-refractivity contribution in [3.05, 3.63) is 23.9 Å². The van der Waals surface area contributed by atoms with Crippen molar-refractivity contribution < 1.29 is 9.90 Å². The summed E-state index contributed by atoms with van der Waals surface area (Å²) in [5.74, 6) is 1.40. The van der Waals surface area contributed by atoms with Crippen LogP contribution in [0.1, 0.15) is 45.4 Å². The number of carbonyl (C=O) groups excluding carboxylic acids is 1. The first-order valence-corrected chi connectivity index (χ1v) is 10.5. The lowest BCUT2D eigenvalue weighted by Gasteiger charge is -2.55. The Morgan fingerprint density at radius 1 is 1.26 bits per heavy atom. The van der Waals surface area contributed by atoms with E-state index in [-0.39, 0.29) is 18.0 Å². The van der Waals surface area contributed by atoms with Gasteiger partial charge in [0.1, 0.15) is 6.17 Å². The summed E-state index contributed by atoms with van der Waals surface area (Å²) in [6.45, 7) is 3.70. The summed E-state index contributed by atoms with van der Waals surface area (Å²) < 4.78 is 0. The van der Waals surface area contributed by atoms with Gasteiger partial charge < -0.3 is 14.9 Å². The maximum Gasteiger partial charge on any atom is 0.225 e. The lowest BCUT2D eigenvalue weighted by atomic mass is 9.63. The van der Waals surface area contributed by atoms with E-state index in [0.717, 1.165) is 13.1 Å². The molecule has 146 valence electrons. The SMILES string of the molecule is CN1C=CC2C=C(C3CCC4(CC3)CN(C(=O)C3CC(C)(O)C3)C4)C=NC21. The average Bonchev–Trinajstić information content (AvgIpc) is 2.97. The van der Waals surface area contributed by atoms with Crippen LogP contribution in [0.5, 0.6) is 0 Å². The maximum absolute atomic E-state index is 12.5. The monoisotopic (exact) mass is 369 g/mol.